The van der Waals surface area contributed by atoms with Gasteiger partial charge in [-0.15, -0.1) is 0 Å². The average molecular weight is 314 g/mol. The minimum absolute atomic E-state index is 0.112. The molecule has 120 valence electrons. The SMILES string of the molecule is CC(=O)N(CCC(=O)N(C)c1ccccc1)c1cccc(F)c1. The number of nitrogens with zero attached hydrogens (tertiary/aromatic N) is 2. The summed E-state index contributed by atoms with van der Waals surface area (Å²) in [5, 5.41) is 0. The molecule has 0 radical (unpaired) electrons. The maximum Gasteiger partial charge on any atom is 0.228 e. The lowest BCUT2D eigenvalue weighted by molar-refractivity contribution is -0.118. The number of benzene rings is 2. The monoisotopic (exact) mass is 314 g/mol. The van der Waals surface area contributed by atoms with E-state index < -0.39 is 5.82 Å². The van der Waals surface area contributed by atoms with Gasteiger partial charge in [-0.25, -0.2) is 4.39 Å². The Labute approximate surface area is 135 Å². The Kier molecular flexibility index (Phi) is 5.46. The van der Waals surface area contributed by atoms with E-state index in [-0.39, 0.29) is 24.8 Å². The number of para-hydroxylation sites is 1. The van der Waals surface area contributed by atoms with Gasteiger partial charge in [0.2, 0.25) is 11.8 Å². The Hall–Kier alpha value is -2.69. The fourth-order valence-electron chi connectivity index (χ4n) is 2.28. The topological polar surface area (TPSA) is 40.6 Å². The number of carbonyl (C=O) groups is 2. The van der Waals surface area contributed by atoms with Gasteiger partial charge in [-0.2, -0.15) is 0 Å². The maximum atomic E-state index is 13.3. The van der Waals surface area contributed by atoms with E-state index in [1.807, 2.05) is 30.3 Å². The van der Waals surface area contributed by atoms with Gasteiger partial charge < -0.3 is 9.80 Å². The molecule has 0 spiro atoms. The summed E-state index contributed by atoms with van der Waals surface area (Å²) in [5.74, 6) is -0.758. The summed E-state index contributed by atoms with van der Waals surface area (Å²) in [5.41, 5.74) is 1.24. The van der Waals surface area contributed by atoms with Gasteiger partial charge in [-0.05, 0) is 30.3 Å². The molecule has 4 nitrogen and oxygen atoms in total. The van der Waals surface area contributed by atoms with E-state index in [1.165, 1.54) is 24.0 Å². The van der Waals surface area contributed by atoms with Crippen LogP contribution in [-0.2, 0) is 9.59 Å². The van der Waals surface area contributed by atoms with Crippen LogP contribution in [-0.4, -0.2) is 25.4 Å². The van der Waals surface area contributed by atoms with Crippen LogP contribution in [0.1, 0.15) is 13.3 Å². The van der Waals surface area contributed by atoms with E-state index in [0.717, 1.165) is 5.69 Å². The number of halogens is 1. The zero-order chi connectivity index (χ0) is 16.8. The first kappa shape index (κ1) is 16.7. The van der Waals surface area contributed by atoms with Crippen LogP contribution in [0.3, 0.4) is 0 Å². The number of hydrogen-bond acceptors (Lipinski definition) is 2. The predicted molar refractivity (Wildman–Crippen MR) is 88.9 cm³/mol. The molecular formula is C18H19FN2O2. The van der Waals surface area contributed by atoms with Crippen LogP contribution in [0.5, 0.6) is 0 Å². The molecule has 2 amide bonds. The molecule has 0 heterocycles. The highest BCUT2D eigenvalue weighted by Gasteiger charge is 2.16. The van der Waals surface area contributed by atoms with Crippen molar-refractivity contribution >= 4 is 23.2 Å². The van der Waals surface area contributed by atoms with Gasteiger partial charge in [-0.3, -0.25) is 9.59 Å². The van der Waals surface area contributed by atoms with Crippen LogP contribution in [0.25, 0.3) is 0 Å². The minimum atomic E-state index is -0.415. The lowest BCUT2D eigenvalue weighted by atomic mass is 10.2. The minimum Gasteiger partial charge on any atom is -0.315 e. The number of carbonyl (C=O) groups excluding carboxylic acids is 2. The van der Waals surface area contributed by atoms with Crippen LogP contribution in [0.4, 0.5) is 15.8 Å². The van der Waals surface area contributed by atoms with Gasteiger partial charge in [-0.1, -0.05) is 24.3 Å². The first-order valence-corrected chi connectivity index (χ1v) is 7.34. The van der Waals surface area contributed by atoms with Gasteiger partial charge in [0.25, 0.3) is 0 Å². The molecule has 0 fully saturated rings. The van der Waals surface area contributed by atoms with E-state index in [2.05, 4.69) is 0 Å². The number of rotatable bonds is 5. The highest BCUT2D eigenvalue weighted by atomic mass is 19.1. The van der Waals surface area contributed by atoms with Crippen LogP contribution in [0, 0.1) is 5.82 Å². The van der Waals surface area contributed by atoms with E-state index in [9.17, 15) is 14.0 Å². The Balaban J connectivity index is 2.04. The average Bonchev–Trinajstić information content (AvgIpc) is 2.54. The molecule has 0 aliphatic carbocycles. The molecule has 0 aliphatic rings. The highest BCUT2D eigenvalue weighted by molar-refractivity contribution is 5.95. The predicted octanol–water partition coefficient (Wildman–Crippen LogP) is 3.23. The van der Waals surface area contributed by atoms with Crippen LogP contribution in [0.15, 0.2) is 54.6 Å². The molecule has 23 heavy (non-hydrogen) atoms. The molecule has 2 aromatic rings. The smallest absolute Gasteiger partial charge is 0.228 e. The summed E-state index contributed by atoms with van der Waals surface area (Å²) >= 11 is 0. The normalized spacial score (nSPS) is 10.2. The number of anilines is 2. The molecule has 0 saturated heterocycles. The van der Waals surface area contributed by atoms with Crippen molar-refractivity contribution in [1.82, 2.24) is 0 Å². The van der Waals surface area contributed by atoms with Crippen molar-refractivity contribution < 1.29 is 14.0 Å². The van der Waals surface area contributed by atoms with Crippen molar-refractivity contribution in [3.05, 3.63) is 60.4 Å². The number of hydrogen-bond donors (Lipinski definition) is 0. The summed E-state index contributed by atoms with van der Waals surface area (Å²) in [6, 6.07) is 15.1. The van der Waals surface area contributed by atoms with Crippen molar-refractivity contribution in [2.45, 2.75) is 13.3 Å². The van der Waals surface area contributed by atoms with Crippen molar-refractivity contribution in [2.75, 3.05) is 23.4 Å². The largest absolute Gasteiger partial charge is 0.315 e. The van der Waals surface area contributed by atoms with Crippen LogP contribution >= 0.6 is 0 Å². The molecule has 0 unspecified atom stereocenters. The molecule has 0 saturated carbocycles. The third kappa shape index (κ3) is 4.39. The molecule has 0 aromatic heterocycles. The highest BCUT2D eigenvalue weighted by Crippen LogP contribution is 2.17. The van der Waals surface area contributed by atoms with Gasteiger partial charge in [0.05, 0.1) is 0 Å². The summed E-state index contributed by atoms with van der Waals surface area (Å²) in [6.45, 7) is 1.60. The second-order valence-electron chi connectivity index (χ2n) is 5.19. The molecule has 0 atom stereocenters. The fraction of sp³-hybridized carbons (Fsp3) is 0.222. The van der Waals surface area contributed by atoms with Crippen molar-refractivity contribution in [3.8, 4) is 0 Å². The van der Waals surface area contributed by atoms with Crippen LogP contribution in [0.2, 0.25) is 0 Å². The first-order chi connectivity index (χ1) is 11.0. The zero-order valence-electron chi connectivity index (χ0n) is 13.2. The maximum absolute atomic E-state index is 13.3. The Bertz CT molecular complexity index is 688. The Morgan fingerprint density at radius 1 is 1.00 bits per heavy atom. The van der Waals surface area contributed by atoms with Crippen molar-refractivity contribution in [2.24, 2.45) is 0 Å². The molecule has 2 aromatic carbocycles. The lowest BCUT2D eigenvalue weighted by Crippen LogP contribution is -2.34. The summed E-state index contributed by atoms with van der Waals surface area (Å²) in [6.07, 6.45) is 0.154. The van der Waals surface area contributed by atoms with Crippen molar-refractivity contribution in [1.29, 1.82) is 0 Å². The quantitative estimate of drug-likeness (QED) is 0.850. The first-order valence-electron chi connectivity index (χ1n) is 7.34. The van der Waals surface area contributed by atoms with Gasteiger partial charge >= 0.3 is 0 Å². The molecule has 0 bridgehead atoms. The Morgan fingerprint density at radius 2 is 1.65 bits per heavy atom. The number of amides is 2. The molecule has 5 heteroatoms. The molecule has 2 rings (SSSR count). The molecule has 0 N–H and O–H groups in total. The van der Waals surface area contributed by atoms with E-state index in [4.69, 9.17) is 0 Å². The third-order valence-electron chi connectivity index (χ3n) is 3.57. The standard InChI is InChI=1S/C18H19FN2O2/c1-14(22)21(17-10-6-7-15(19)13-17)12-11-18(23)20(2)16-8-4-3-5-9-16/h3-10,13H,11-12H2,1-2H3. The van der Waals surface area contributed by atoms with Gasteiger partial charge in [0.1, 0.15) is 5.82 Å². The third-order valence-corrected chi connectivity index (χ3v) is 3.57. The van der Waals surface area contributed by atoms with E-state index in [1.54, 1.807) is 24.1 Å². The zero-order valence-corrected chi connectivity index (χ0v) is 13.2. The lowest BCUT2D eigenvalue weighted by Gasteiger charge is -2.23. The van der Waals surface area contributed by atoms with Crippen LogP contribution < -0.4 is 9.80 Å². The molecular weight excluding hydrogens is 295 g/mol. The fourth-order valence-corrected chi connectivity index (χ4v) is 2.28. The summed E-state index contributed by atoms with van der Waals surface area (Å²) in [7, 11) is 1.69. The van der Waals surface area contributed by atoms with Crippen molar-refractivity contribution in [3.63, 3.8) is 0 Å². The molecule has 0 aliphatic heterocycles. The second kappa shape index (κ2) is 7.54. The van der Waals surface area contributed by atoms with Gasteiger partial charge in [0.15, 0.2) is 0 Å². The second-order valence-corrected chi connectivity index (χ2v) is 5.19. The summed E-state index contributed by atoms with van der Waals surface area (Å²) in [4.78, 5) is 27.0. The van der Waals surface area contributed by atoms with E-state index >= 15 is 0 Å². The van der Waals surface area contributed by atoms with Gasteiger partial charge in [0, 0.05) is 38.3 Å². The van der Waals surface area contributed by atoms with E-state index in [0.29, 0.717) is 5.69 Å². The summed E-state index contributed by atoms with van der Waals surface area (Å²) < 4.78 is 13.3. The Morgan fingerprint density at radius 3 is 2.26 bits per heavy atom.